The molecule has 5 aliphatic rings. The summed E-state index contributed by atoms with van der Waals surface area (Å²) in [7, 11) is 0. The number of likely N-dealkylation sites (tertiary alicyclic amines) is 1. The second kappa shape index (κ2) is 11.1. The first-order valence-electron chi connectivity index (χ1n) is 14.6. The van der Waals surface area contributed by atoms with Crippen molar-refractivity contribution < 1.29 is 23.9 Å². The molecule has 1 spiro atoms. The Morgan fingerprint density at radius 2 is 1.93 bits per heavy atom. The molecule has 1 aliphatic carbocycles. The Morgan fingerprint density at radius 1 is 1.12 bits per heavy atom. The maximum Gasteiger partial charge on any atom is 0.246 e. The lowest BCUT2D eigenvalue weighted by molar-refractivity contribution is -0.142. The second-order valence-electron chi connectivity index (χ2n) is 12.1. The van der Waals surface area contributed by atoms with E-state index < -0.39 is 29.6 Å². The Hall–Kier alpha value is -2.46. The van der Waals surface area contributed by atoms with E-state index in [9.17, 15) is 14.4 Å². The average Bonchev–Trinajstić information content (AvgIpc) is 3.58. The highest BCUT2D eigenvalue weighted by atomic mass is 35.5. The van der Waals surface area contributed by atoms with Gasteiger partial charge in [0.25, 0.3) is 0 Å². The number of rotatable bonds is 7. The number of nitrogens with zero attached hydrogens (tertiary/aromatic N) is 2. The minimum absolute atomic E-state index is 0.0485. The number of nitrogens with one attached hydrogen (secondary N) is 2. The molecule has 0 aromatic heterocycles. The molecule has 1 aromatic rings. The van der Waals surface area contributed by atoms with E-state index in [1.807, 2.05) is 12.2 Å². The van der Waals surface area contributed by atoms with Gasteiger partial charge in [-0.2, -0.15) is 0 Å². The lowest BCUT2D eigenvalue weighted by Gasteiger charge is -2.38. The van der Waals surface area contributed by atoms with E-state index in [1.54, 1.807) is 29.2 Å². The molecule has 3 amide bonds. The van der Waals surface area contributed by atoms with Crippen LogP contribution in [0.5, 0.6) is 0 Å². The number of fused-ring (bicyclic) bond motifs is 1. The first-order chi connectivity index (χ1) is 19.3. The molecule has 8 atom stereocenters. The van der Waals surface area contributed by atoms with Gasteiger partial charge in [0.2, 0.25) is 17.7 Å². The van der Waals surface area contributed by atoms with Crippen LogP contribution in [0.3, 0.4) is 0 Å². The molecule has 0 radical (unpaired) electrons. The van der Waals surface area contributed by atoms with E-state index in [4.69, 9.17) is 21.1 Å². The first kappa shape index (κ1) is 27.7. The molecule has 3 saturated heterocycles. The number of benzene rings is 1. The van der Waals surface area contributed by atoms with Crippen molar-refractivity contribution in [3.05, 3.63) is 41.4 Å². The molecule has 1 aromatic carbocycles. The summed E-state index contributed by atoms with van der Waals surface area (Å²) in [5, 5.41) is 6.75. The lowest BCUT2D eigenvalue weighted by atomic mass is 9.73. The number of amides is 3. The summed E-state index contributed by atoms with van der Waals surface area (Å²) in [6.45, 7) is 8.32. The third-order valence-electron chi connectivity index (χ3n) is 9.81. The van der Waals surface area contributed by atoms with Gasteiger partial charge < -0.3 is 25.0 Å². The van der Waals surface area contributed by atoms with Crippen LogP contribution in [0.1, 0.15) is 33.1 Å². The zero-order valence-corrected chi connectivity index (χ0v) is 23.9. The molecule has 4 fully saturated rings. The Morgan fingerprint density at radius 3 is 2.70 bits per heavy atom. The van der Waals surface area contributed by atoms with Gasteiger partial charge in [-0.1, -0.05) is 56.5 Å². The smallest absolute Gasteiger partial charge is 0.246 e. The third-order valence-corrected chi connectivity index (χ3v) is 10.0. The predicted octanol–water partition coefficient (Wildman–Crippen LogP) is 2.70. The van der Waals surface area contributed by atoms with E-state index in [0.717, 1.165) is 32.4 Å². The van der Waals surface area contributed by atoms with Crippen LogP contribution in [-0.2, 0) is 23.9 Å². The van der Waals surface area contributed by atoms with Gasteiger partial charge in [0.1, 0.15) is 11.6 Å². The Labute approximate surface area is 240 Å². The molecule has 216 valence electrons. The fraction of sp³-hybridized carbons (Fsp3) is 0.633. The van der Waals surface area contributed by atoms with E-state index >= 15 is 0 Å². The molecule has 4 heterocycles. The summed E-state index contributed by atoms with van der Waals surface area (Å²) in [5.74, 6) is -1.34. The van der Waals surface area contributed by atoms with Crippen molar-refractivity contribution in [2.75, 3.05) is 44.7 Å². The number of hydrogen-bond acceptors (Lipinski definition) is 6. The zero-order chi connectivity index (χ0) is 28.0. The second-order valence-corrected chi connectivity index (χ2v) is 12.5. The molecule has 4 aliphatic heterocycles. The van der Waals surface area contributed by atoms with E-state index in [0.29, 0.717) is 48.8 Å². The summed E-state index contributed by atoms with van der Waals surface area (Å²) in [5.41, 5.74) is -0.612. The predicted molar refractivity (Wildman–Crippen MR) is 151 cm³/mol. The lowest BCUT2D eigenvalue weighted by Crippen LogP contribution is -2.58. The molecule has 9 nitrogen and oxygen atoms in total. The van der Waals surface area contributed by atoms with Crippen molar-refractivity contribution >= 4 is 35.0 Å². The molecule has 2 N–H and O–H groups in total. The molecule has 2 bridgehead atoms. The van der Waals surface area contributed by atoms with E-state index in [2.05, 4.69) is 29.4 Å². The third kappa shape index (κ3) is 4.85. The molecule has 6 rings (SSSR count). The van der Waals surface area contributed by atoms with Gasteiger partial charge >= 0.3 is 0 Å². The van der Waals surface area contributed by atoms with Gasteiger partial charge in [0, 0.05) is 42.9 Å². The average molecular weight is 571 g/mol. The summed E-state index contributed by atoms with van der Waals surface area (Å²) in [6.07, 6.45) is 6.30. The monoisotopic (exact) mass is 570 g/mol. The Balaban J connectivity index is 1.27. The van der Waals surface area contributed by atoms with Gasteiger partial charge in [-0.05, 0) is 36.5 Å². The van der Waals surface area contributed by atoms with Crippen LogP contribution in [0.4, 0.5) is 5.69 Å². The van der Waals surface area contributed by atoms with Crippen LogP contribution in [0, 0.1) is 23.7 Å². The Bertz CT molecular complexity index is 1190. The van der Waals surface area contributed by atoms with Crippen LogP contribution >= 0.6 is 11.6 Å². The van der Waals surface area contributed by atoms with Gasteiger partial charge in [-0.15, -0.1) is 0 Å². The SMILES string of the molecule is C[C@@H]1[C@H](C)CCC[C@@H]1NC(=O)[C@@H]1N(CCN2CCOCC2)C(=O)[C@H]2[C@H](C(=O)Nc3cccc(Cl)c3)[C@H]3C=C[C@@]12O3. The fourth-order valence-electron chi connectivity index (χ4n) is 7.42. The normalized spacial score (nSPS) is 37.0. The number of carbonyl (C=O) groups excluding carboxylic acids is 3. The highest BCUT2D eigenvalue weighted by Crippen LogP contribution is 2.55. The zero-order valence-electron chi connectivity index (χ0n) is 23.2. The number of ether oxygens (including phenoxy) is 2. The topological polar surface area (TPSA) is 100 Å². The van der Waals surface area contributed by atoms with Crippen LogP contribution in [0.2, 0.25) is 5.02 Å². The Kier molecular flexibility index (Phi) is 7.67. The highest BCUT2D eigenvalue weighted by Gasteiger charge is 2.72. The standard InChI is InChI=1S/C30H39ClN4O5/c1-18-5-3-8-22(19(18)2)33-28(37)26-30-10-9-23(40-30)24(27(36)32-21-7-4-6-20(31)17-21)25(30)29(38)35(26)12-11-34-13-15-39-16-14-34/h4,6-7,9-10,17-19,22-26H,3,5,8,11-16H2,1-2H3,(H,32,36)(H,33,37)/t18-,19-,22+,23-,24-,25-,26+,30+/m1/s1. The van der Waals surface area contributed by atoms with E-state index in [-0.39, 0.29) is 23.8 Å². The minimum Gasteiger partial charge on any atom is -0.379 e. The van der Waals surface area contributed by atoms with Crippen molar-refractivity contribution in [3.8, 4) is 0 Å². The van der Waals surface area contributed by atoms with E-state index in [1.165, 1.54) is 0 Å². The maximum atomic E-state index is 14.2. The number of hydrogen-bond donors (Lipinski definition) is 2. The van der Waals surface area contributed by atoms with Crippen LogP contribution in [0.25, 0.3) is 0 Å². The quantitative estimate of drug-likeness (QED) is 0.489. The first-order valence-corrected chi connectivity index (χ1v) is 15.0. The summed E-state index contributed by atoms with van der Waals surface area (Å²) < 4.78 is 12.0. The molecule has 1 saturated carbocycles. The van der Waals surface area contributed by atoms with Crippen LogP contribution in [-0.4, -0.2) is 90.7 Å². The van der Waals surface area contributed by atoms with Crippen LogP contribution in [0.15, 0.2) is 36.4 Å². The molecular weight excluding hydrogens is 532 g/mol. The molecule has 10 heteroatoms. The van der Waals surface area contributed by atoms with Crippen molar-refractivity contribution in [3.63, 3.8) is 0 Å². The van der Waals surface area contributed by atoms with Gasteiger partial charge in [-0.3, -0.25) is 19.3 Å². The number of morpholine rings is 1. The summed E-state index contributed by atoms with van der Waals surface area (Å²) >= 11 is 6.13. The largest absolute Gasteiger partial charge is 0.379 e. The summed E-state index contributed by atoms with van der Waals surface area (Å²) in [6, 6.07) is 6.15. The maximum absolute atomic E-state index is 14.2. The van der Waals surface area contributed by atoms with Gasteiger partial charge in [0.15, 0.2) is 0 Å². The van der Waals surface area contributed by atoms with Crippen molar-refractivity contribution in [1.82, 2.24) is 15.1 Å². The number of halogens is 1. The molecule has 40 heavy (non-hydrogen) atoms. The van der Waals surface area contributed by atoms with Crippen molar-refractivity contribution in [2.24, 2.45) is 23.7 Å². The summed E-state index contributed by atoms with van der Waals surface area (Å²) in [4.78, 5) is 45.9. The van der Waals surface area contributed by atoms with Gasteiger partial charge in [0.05, 0.1) is 31.2 Å². The molecular formula is C30H39ClN4O5. The van der Waals surface area contributed by atoms with Crippen LogP contribution < -0.4 is 10.6 Å². The highest BCUT2D eigenvalue weighted by molar-refractivity contribution is 6.30. The van der Waals surface area contributed by atoms with Crippen molar-refractivity contribution in [1.29, 1.82) is 0 Å². The minimum atomic E-state index is -1.17. The molecule has 0 unspecified atom stereocenters. The number of carbonyl (C=O) groups is 3. The van der Waals surface area contributed by atoms with Crippen molar-refractivity contribution in [2.45, 2.75) is 56.9 Å². The fourth-order valence-corrected chi connectivity index (χ4v) is 7.61. The number of anilines is 1. The van der Waals surface area contributed by atoms with Gasteiger partial charge in [-0.25, -0.2) is 0 Å².